The molecular weight excluding hydrogens is 454 g/mol. The zero-order chi connectivity index (χ0) is 24.0. The molecule has 0 atom stereocenters. The van der Waals surface area contributed by atoms with E-state index >= 15 is 0 Å². The van der Waals surface area contributed by atoms with Gasteiger partial charge in [-0.3, -0.25) is 14.8 Å². The molecule has 0 aliphatic rings. The van der Waals surface area contributed by atoms with Crippen molar-refractivity contribution in [2.75, 3.05) is 17.6 Å². The minimum atomic E-state index is -3.70. The number of nitrogens with zero attached hydrogens (tertiary/aromatic N) is 4. The van der Waals surface area contributed by atoms with Crippen LogP contribution in [-0.2, 0) is 16.4 Å². The molecule has 0 bridgehead atoms. The van der Waals surface area contributed by atoms with Gasteiger partial charge >= 0.3 is 0 Å². The standard InChI is InChI=1S/C23H21N7O3S/c24-22-21(23(31)29-18-5-3-11-25-14-18)30-20(15-27-22)16-6-8-19(9-7-16)34(32,33)28-13-10-17-4-1-2-12-26-17/h1-9,11-12,14-15,28H,10,13H2,(H2,24,27)(H,29,31). The van der Waals surface area contributed by atoms with Crippen molar-refractivity contribution in [1.82, 2.24) is 24.7 Å². The van der Waals surface area contributed by atoms with Crippen molar-refractivity contribution in [1.29, 1.82) is 0 Å². The Bertz CT molecular complexity index is 1380. The van der Waals surface area contributed by atoms with Gasteiger partial charge in [0.2, 0.25) is 10.0 Å². The molecule has 3 aromatic heterocycles. The molecule has 0 unspecified atom stereocenters. The Morgan fingerprint density at radius 1 is 0.941 bits per heavy atom. The maximum atomic E-state index is 12.6. The van der Waals surface area contributed by atoms with E-state index in [4.69, 9.17) is 5.73 Å². The summed E-state index contributed by atoms with van der Waals surface area (Å²) < 4.78 is 27.8. The number of aromatic nitrogens is 4. The molecule has 1 aromatic carbocycles. The highest BCUT2D eigenvalue weighted by Crippen LogP contribution is 2.21. The quantitative estimate of drug-likeness (QED) is 0.351. The Morgan fingerprint density at radius 3 is 2.47 bits per heavy atom. The molecule has 0 aliphatic heterocycles. The molecule has 0 aliphatic carbocycles. The minimum Gasteiger partial charge on any atom is -0.382 e. The van der Waals surface area contributed by atoms with Crippen molar-refractivity contribution in [2.24, 2.45) is 0 Å². The Balaban J connectivity index is 1.46. The SMILES string of the molecule is Nc1ncc(-c2ccc(S(=O)(=O)NCCc3ccccn3)cc2)nc1C(=O)Nc1cccnc1. The molecule has 1 amide bonds. The van der Waals surface area contributed by atoms with Gasteiger partial charge in [0.1, 0.15) is 0 Å². The van der Waals surface area contributed by atoms with Crippen LogP contribution in [0.4, 0.5) is 11.5 Å². The van der Waals surface area contributed by atoms with Crippen molar-refractivity contribution in [3.8, 4) is 11.3 Å². The topological polar surface area (TPSA) is 153 Å². The van der Waals surface area contributed by atoms with E-state index in [0.717, 1.165) is 5.69 Å². The molecule has 3 heterocycles. The molecule has 0 spiro atoms. The lowest BCUT2D eigenvalue weighted by Gasteiger charge is -2.09. The smallest absolute Gasteiger partial charge is 0.278 e. The van der Waals surface area contributed by atoms with E-state index in [0.29, 0.717) is 23.4 Å². The molecule has 0 saturated carbocycles. The maximum absolute atomic E-state index is 12.6. The number of amides is 1. The number of nitrogens with one attached hydrogen (secondary N) is 2. The number of benzene rings is 1. The van der Waals surface area contributed by atoms with E-state index in [1.54, 1.807) is 42.7 Å². The van der Waals surface area contributed by atoms with E-state index in [1.807, 2.05) is 12.1 Å². The number of hydrogen-bond acceptors (Lipinski definition) is 8. The second-order valence-corrected chi connectivity index (χ2v) is 8.95. The summed E-state index contributed by atoms with van der Waals surface area (Å²) in [5, 5.41) is 2.66. The fourth-order valence-electron chi connectivity index (χ4n) is 3.08. The van der Waals surface area contributed by atoms with Crippen molar-refractivity contribution in [3.05, 3.63) is 90.8 Å². The van der Waals surface area contributed by atoms with Crippen molar-refractivity contribution in [2.45, 2.75) is 11.3 Å². The summed E-state index contributed by atoms with van der Waals surface area (Å²) in [6.45, 7) is 0.222. The van der Waals surface area contributed by atoms with Crippen molar-refractivity contribution >= 4 is 27.4 Å². The summed E-state index contributed by atoms with van der Waals surface area (Å²) in [6, 6.07) is 15.0. The zero-order valence-electron chi connectivity index (χ0n) is 17.9. The molecule has 11 heteroatoms. The van der Waals surface area contributed by atoms with Crippen LogP contribution in [0.5, 0.6) is 0 Å². The van der Waals surface area contributed by atoms with Gasteiger partial charge in [-0.1, -0.05) is 18.2 Å². The number of anilines is 2. The number of nitrogen functional groups attached to an aromatic ring is 1. The van der Waals surface area contributed by atoms with Crippen LogP contribution in [0.15, 0.2) is 84.3 Å². The highest BCUT2D eigenvalue weighted by atomic mass is 32.2. The second kappa shape index (κ2) is 10.1. The van der Waals surface area contributed by atoms with E-state index in [9.17, 15) is 13.2 Å². The summed E-state index contributed by atoms with van der Waals surface area (Å²) in [7, 11) is -3.70. The lowest BCUT2D eigenvalue weighted by atomic mass is 10.1. The van der Waals surface area contributed by atoms with Gasteiger partial charge in [-0.15, -0.1) is 0 Å². The first-order valence-electron chi connectivity index (χ1n) is 10.3. The Morgan fingerprint density at radius 2 is 1.76 bits per heavy atom. The number of carbonyl (C=O) groups excluding carboxylic acids is 1. The van der Waals surface area contributed by atoms with Crippen LogP contribution in [0.3, 0.4) is 0 Å². The summed E-state index contributed by atoms with van der Waals surface area (Å²) >= 11 is 0. The summed E-state index contributed by atoms with van der Waals surface area (Å²) in [5.41, 5.74) is 8.04. The molecule has 4 N–H and O–H groups in total. The fourth-order valence-corrected chi connectivity index (χ4v) is 4.11. The fraction of sp³-hybridized carbons (Fsp3) is 0.0870. The first-order valence-corrected chi connectivity index (χ1v) is 11.7. The van der Waals surface area contributed by atoms with Gasteiger partial charge in [0.25, 0.3) is 5.91 Å². The average molecular weight is 476 g/mol. The van der Waals surface area contributed by atoms with E-state index in [1.165, 1.54) is 24.5 Å². The predicted octanol–water partition coefficient (Wildman–Crippen LogP) is 2.29. The Hall–Kier alpha value is -4.22. The van der Waals surface area contributed by atoms with Crippen LogP contribution in [0.25, 0.3) is 11.3 Å². The molecule has 4 aromatic rings. The molecule has 0 fully saturated rings. The predicted molar refractivity (Wildman–Crippen MR) is 127 cm³/mol. The first kappa shape index (κ1) is 23.0. The molecule has 10 nitrogen and oxygen atoms in total. The van der Waals surface area contributed by atoms with E-state index in [2.05, 4.69) is 30.0 Å². The largest absolute Gasteiger partial charge is 0.382 e. The highest BCUT2D eigenvalue weighted by molar-refractivity contribution is 7.89. The minimum absolute atomic E-state index is 0.0264. The number of sulfonamides is 1. The molecule has 4 rings (SSSR count). The van der Waals surface area contributed by atoms with E-state index < -0.39 is 15.9 Å². The second-order valence-electron chi connectivity index (χ2n) is 7.18. The third kappa shape index (κ3) is 5.57. The van der Waals surface area contributed by atoms with Gasteiger partial charge in [0.15, 0.2) is 11.5 Å². The number of hydrogen-bond donors (Lipinski definition) is 3. The lowest BCUT2D eigenvalue weighted by Crippen LogP contribution is -2.26. The van der Waals surface area contributed by atoms with Gasteiger partial charge in [-0.25, -0.2) is 23.1 Å². The first-order chi connectivity index (χ1) is 16.4. The molecule has 172 valence electrons. The number of rotatable bonds is 8. The summed E-state index contributed by atoms with van der Waals surface area (Å²) in [5.74, 6) is -0.558. The number of carbonyl (C=O) groups is 1. The molecule has 0 radical (unpaired) electrons. The summed E-state index contributed by atoms with van der Waals surface area (Å²) in [6.07, 6.45) is 6.64. The molecule has 0 saturated heterocycles. The monoisotopic (exact) mass is 475 g/mol. The lowest BCUT2D eigenvalue weighted by molar-refractivity contribution is 0.102. The van der Waals surface area contributed by atoms with Gasteiger partial charge in [0.05, 0.1) is 28.7 Å². The van der Waals surface area contributed by atoms with Gasteiger partial charge in [-0.05, 0) is 36.4 Å². The van der Waals surface area contributed by atoms with Crippen LogP contribution in [0, 0.1) is 0 Å². The third-order valence-electron chi connectivity index (χ3n) is 4.80. The number of pyridine rings is 2. The van der Waals surface area contributed by atoms with Gasteiger partial charge < -0.3 is 11.1 Å². The van der Waals surface area contributed by atoms with Gasteiger partial charge in [-0.2, -0.15) is 0 Å². The normalized spacial score (nSPS) is 11.2. The molecule has 34 heavy (non-hydrogen) atoms. The average Bonchev–Trinajstić information content (AvgIpc) is 2.85. The highest BCUT2D eigenvalue weighted by Gasteiger charge is 2.17. The van der Waals surface area contributed by atoms with Crippen LogP contribution >= 0.6 is 0 Å². The summed E-state index contributed by atoms with van der Waals surface area (Å²) in [4.78, 5) is 29.2. The van der Waals surface area contributed by atoms with Crippen LogP contribution < -0.4 is 15.8 Å². The van der Waals surface area contributed by atoms with Crippen LogP contribution in [0.2, 0.25) is 0 Å². The Kier molecular flexibility index (Phi) is 6.85. The third-order valence-corrected chi connectivity index (χ3v) is 6.27. The van der Waals surface area contributed by atoms with Crippen LogP contribution in [0.1, 0.15) is 16.2 Å². The number of nitrogens with two attached hydrogens (primary N) is 1. The molecular formula is C23H21N7O3S. The maximum Gasteiger partial charge on any atom is 0.278 e. The van der Waals surface area contributed by atoms with Crippen LogP contribution in [-0.4, -0.2) is 40.8 Å². The van der Waals surface area contributed by atoms with Gasteiger partial charge in [0, 0.05) is 36.6 Å². The Labute approximate surface area is 196 Å². The van der Waals surface area contributed by atoms with E-state index in [-0.39, 0.29) is 23.0 Å². The van der Waals surface area contributed by atoms with Crippen molar-refractivity contribution in [3.63, 3.8) is 0 Å². The van der Waals surface area contributed by atoms with Crippen molar-refractivity contribution < 1.29 is 13.2 Å². The zero-order valence-corrected chi connectivity index (χ0v) is 18.7.